The number of carbonyl (C=O) groups excluding carboxylic acids is 1. The summed E-state index contributed by atoms with van der Waals surface area (Å²) in [5.41, 5.74) is 8.71. The van der Waals surface area contributed by atoms with Crippen LogP contribution in [0.15, 0.2) is 23.6 Å². The van der Waals surface area contributed by atoms with E-state index in [0.717, 1.165) is 16.3 Å². The van der Waals surface area contributed by atoms with Gasteiger partial charge in [-0.25, -0.2) is 4.98 Å². The normalized spacial score (nSPS) is 10.3. The zero-order chi connectivity index (χ0) is 13.1. The number of anilines is 1. The number of aromatic nitrogens is 1. The van der Waals surface area contributed by atoms with Crippen LogP contribution in [0.25, 0.3) is 0 Å². The van der Waals surface area contributed by atoms with Crippen molar-refractivity contribution in [3.05, 3.63) is 45.4 Å². The highest BCUT2D eigenvalue weighted by atomic mass is 32.1. The lowest BCUT2D eigenvalue weighted by Gasteiger charge is -2.08. The van der Waals surface area contributed by atoms with Crippen molar-refractivity contribution < 1.29 is 4.79 Å². The Kier molecular flexibility index (Phi) is 3.62. The number of rotatable bonds is 3. The van der Waals surface area contributed by atoms with Crippen LogP contribution < -0.4 is 11.1 Å². The predicted octanol–water partition coefficient (Wildman–Crippen LogP) is 2.27. The van der Waals surface area contributed by atoms with Gasteiger partial charge in [-0.1, -0.05) is 6.07 Å². The molecule has 0 spiro atoms. The van der Waals surface area contributed by atoms with Gasteiger partial charge >= 0.3 is 0 Å². The molecule has 3 N–H and O–H groups in total. The van der Waals surface area contributed by atoms with Gasteiger partial charge in [-0.15, -0.1) is 11.3 Å². The first-order valence-corrected chi connectivity index (χ1v) is 6.50. The zero-order valence-electron chi connectivity index (χ0n) is 10.4. The third kappa shape index (κ3) is 2.68. The molecule has 1 heterocycles. The van der Waals surface area contributed by atoms with Crippen molar-refractivity contribution >= 4 is 22.9 Å². The van der Waals surface area contributed by atoms with Crippen molar-refractivity contribution in [1.82, 2.24) is 10.3 Å². The third-order valence-electron chi connectivity index (χ3n) is 2.72. The Hall–Kier alpha value is -1.88. The minimum Gasteiger partial charge on any atom is -0.398 e. The Bertz CT molecular complexity index is 577. The Morgan fingerprint density at radius 2 is 2.22 bits per heavy atom. The summed E-state index contributed by atoms with van der Waals surface area (Å²) in [6, 6.07) is 5.34. The van der Waals surface area contributed by atoms with E-state index >= 15 is 0 Å². The van der Waals surface area contributed by atoms with Crippen LogP contribution in [-0.2, 0) is 6.54 Å². The Morgan fingerprint density at radius 3 is 2.89 bits per heavy atom. The summed E-state index contributed by atoms with van der Waals surface area (Å²) in [6.45, 7) is 4.23. The number of nitrogens with zero attached hydrogens (tertiary/aromatic N) is 1. The maximum absolute atomic E-state index is 12.0. The molecule has 1 amide bonds. The molecule has 18 heavy (non-hydrogen) atoms. The summed E-state index contributed by atoms with van der Waals surface area (Å²) in [5, 5.41) is 5.79. The monoisotopic (exact) mass is 261 g/mol. The van der Waals surface area contributed by atoms with Gasteiger partial charge in [0, 0.05) is 16.6 Å². The second-order valence-electron chi connectivity index (χ2n) is 4.06. The van der Waals surface area contributed by atoms with Gasteiger partial charge in [0.1, 0.15) is 0 Å². The molecule has 2 rings (SSSR count). The SMILES string of the molecule is Cc1nc(CNC(=O)c2cccc(N)c2C)cs1. The maximum atomic E-state index is 12.0. The molecule has 0 saturated heterocycles. The molecular formula is C13H15N3OS. The van der Waals surface area contributed by atoms with E-state index in [1.165, 1.54) is 0 Å². The van der Waals surface area contributed by atoms with Crippen LogP contribution in [0, 0.1) is 13.8 Å². The third-order valence-corrected chi connectivity index (χ3v) is 3.54. The van der Waals surface area contributed by atoms with Crippen LogP contribution in [0.4, 0.5) is 5.69 Å². The number of hydrogen-bond acceptors (Lipinski definition) is 4. The smallest absolute Gasteiger partial charge is 0.251 e. The summed E-state index contributed by atoms with van der Waals surface area (Å²) >= 11 is 1.58. The molecule has 4 nitrogen and oxygen atoms in total. The van der Waals surface area contributed by atoms with E-state index in [2.05, 4.69) is 10.3 Å². The van der Waals surface area contributed by atoms with E-state index in [4.69, 9.17) is 5.73 Å². The van der Waals surface area contributed by atoms with Crippen molar-refractivity contribution in [2.24, 2.45) is 0 Å². The molecule has 2 aromatic rings. The van der Waals surface area contributed by atoms with Crippen molar-refractivity contribution in [1.29, 1.82) is 0 Å². The summed E-state index contributed by atoms with van der Waals surface area (Å²) in [6.07, 6.45) is 0. The predicted molar refractivity (Wildman–Crippen MR) is 73.6 cm³/mol. The molecule has 0 aliphatic heterocycles. The van der Waals surface area contributed by atoms with Crippen molar-refractivity contribution in [3.8, 4) is 0 Å². The van der Waals surface area contributed by atoms with Gasteiger partial charge in [-0.3, -0.25) is 4.79 Å². The van der Waals surface area contributed by atoms with Gasteiger partial charge in [0.05, 0.1) is 17.2 Å². The fourth-order valence-electron chi connectivity index (χ4n) is 1.65. The zero-order valence-corrected chi connectivity index (χ0v) is 11.2. The first-order valence-electron chi connectivity index (χ1n) is 5.62. The van der Waals surface area contributed by atoms with E-state index in [1.54, 1.807) is 29.5 Å². The molecule has 0 aliphatic carbocycles. The lowest BCUT2D eigenvalue weighted by molar-refractivity contribution is 0.0950. The highest BCUT2D eigenvalue weighted by Crippen LogP contribution is 2.15. The van der Waals surface area contributed by atoms with Gasteiger partial charge in [0.15, 0.2) is 0 Å². The van der Waals surface area contributed by atoms with E-state index in [1.807, 2.05) is 19.2 Å². The number of nitrogen functional groups attached to an aromatic ring is 1. The molecule has 1 aromatic carbocycles. The fourth-order valence-corrected chi connectivity index (χ4v) is 2.27. The van der Waals surface area contributed by atoms with Crippen LogP contribution in [0.1, 0.15) is 26.6 Å². The van der Waals surface area contributed by atoms with E-state index in [9.17, 15) is 4.79 Å². The fraction of sp³-hybridized carbons (Fsp3) is 0.231. The Balaban J connectivity index is 2.06. The van der Waals surface area contributed by atoms with E-state index in [0.29, 0.717) is 17.8 Å². The lowest BCUT2D eigenvalue weighted by Crippen LogP contribution is -2.24. The standard InChI is InChI=1S/C13H15N3OS/c1-8-11(4-3-5-12(8)14)13(17)15-6-10-7-18-9(2)16-10/h3-5,7H,6,14H2,1-2H3,(H,15,17). The number of thiazole rings is 1. The largest absolute Gasteiger partial charge is 0.398 e. The number of nitrogens with two attached hydrogens (primary N) is 1. The average Bonchev–Trinajstić information content (AvgIpc) is 2.76. The second-order valence-corrected chi connectivity index (χ2v) is 5.12. The van der Waals surface area contributed by atoms with Crippen molar-refractivity contribution in [2.75, 3.05) is 5.73 Å². The Labute approximate surface area is 110 Å². The number of hydrogen-bond donors (Lipinski definition) is 2. The van der Waals surface area contributed by atoms with E-state index in [-0.39, 0.29) is 5.91 Å². The maximum Gasteiger partial charge on any atom is 0.251 e. The minimum absolute atomic E-state index is 0.120. The number of amides is 1. The quantitative estimate of drug-likeness (QED) is 0.833. The second kappa shape index (κ2) is 5.18. The van der Waals surface area contributed by atoms with Crippen LogP contribution in [-0.4, -0.2) is 10.9 Å². The van der Waals surface area contributed by atoms with Crippen molar-refractivity contribution in [3.63, 3.8) is 0 Å². The van der Waals surface area contributed by atoms with Crippen molar-refractivity contribution in [2.45, 2.75) is 20.4 Å². The molecule has 1 aromatic heterocycles. The molecule has 5 heteroatoms. The van der Waals surface area contributed by atoms with Crippen LogP contribution in [0.5, 0.6) is 0 Å². The minimum atomic E-state index is -0.120. The summed E-state index contributed by atoms with van der Waals surface area (Å²) in [5.74, 6) is -0.120. The van der Waals surface area contributed by atoms with Gasteiger partial charge in [0.2, 0.25) is 0 Å². The first kappa shape index (κ1) is 12.6. The van der Waals surface area contributed by atoms with Gasteiger partial charge in [-0.05, 0) is 31.5 Å². The number of benzene rings is 1. The number of aryl methyl sites for hydroxylation is 1. The van der Waals surface area contributed by atoms with Gasteiger partial charge in [-0.2, -0.15) is 0 Å². The lowest BCUT2D eigenvalue weighted by atomic mass is 10.1. The molecule has 0 saturated carbocycles. The molecule has 94 valence electrons. The average molecular weight is 261 g/mol. The van der Waals surface area contributed by atoms with Gasteiger partial charge in [0.25, 0.3) is 5.91 Å². The number of carbonyl (C=O) groups is 1. The molecule has 0 atom stereocenters. The first-order chi connectivity index (χ1) is 8.58. The Morgan fingerprint density at radius 1 is 1.44 bits per heavy atom. The highest BCUT2D eigenvalue weighted by Gasteiger charge is 2.10. The van der Waals surface area contributed by atoms with Gasteiger partial charge < -0.3 is 11.1 Å². The highest BCUT2D eigenvalue weighted by molar-refractivity contribution is 7.09. The van der Waals surface area contributed by atoms with E-state index < -0.39 is 0 Å². The molecule has 0 aliphatic rings. The topological polar surface area (TPSA) is 68.0 Å². The van der Waals surface area contributed by atoms with Crippen LogP contribution in [0.3, 0.4) is 0 Å². The molecule has 0 unspecified atom stereocenters. The molecule has 0 bridgehead atoms. The summed E-state index contributed by atoms with van der Waals surface area (Å²) in [7, 11) is 0. The summed E-state index contributed by atoms with van der Waals surface area (Å²) < 4.78 is 0. The number of nitrogens with one attached hydrogen (secondary N) is 1. The molecule has 0 fully saturated rings. The summed E-state index contributed by atoms with van der Waals surface area (Å²) in [4.78, 5) is 16.3. The van der Waals surface area contributed by atoms with Crippen LogP contribution in [0.2, 0.25) is 0 Å². The molecule has 0 radical (unpaired) electrons. The molecular weight excluding hydrogens is 246 g/mol. The van der Waals surface area contributed by atoms with Crippen LogP contribution >= 0.6 is 11.3 Å².